The minimum atomic E-state index is -0.146. The molecule has 4 nitrogen and oxygen atoms in total. The Bertz CT molecular complexity index is 1100. The molecule has 162 valence electrons. The largest absolute Gasteiger partial charge is 0.493 e. The molecule has 0 fully saturated rings. The second kappa shape index (κ2) is 10.6. The van der Waals surface area contributed by atoms with Gasteiger partial charge in [-0.25, -0.2) is 0 Å². The predicted octanol–water partition coefficient (Wildman–Crippen LogP) is 6.48. The van der Waals surface area contributed by atoms with E-state index in [-0.39, 0.29) is 5.91 Å². The molecule has 32 heavy (non-hydrogen) atoms. The van der Waals surface area contributed by atoms with Crippen LogP contribution in [0.15, 0.2) is 95.6 Å². The van der Waals surface area contributed by atoms with E-state index in [0.717, 1.165) is 35.4 Å². The number of rotatable bonds is 9. The number of para-hydroxylation sites is 2. The Balaban J connectivity index is 1.67. The van der Waals surface area contributed by atoms with E-state index in [9.17, 15) is 4.79 Å². The van der Waals surface area contributed by atoms with Gasteiger partial charge in [-0.05, 0) is 30.7 Å². The molecule has 3 aromatic carbocycles. The molecule has 0 aromatic heterocycles. The number of anilines is 1. The number of amides is 1. The van der Waals surface area contributed by atoms with Gasteiger partial charge >= 0.3 is 0 Å². The summed E-state index contributed by atoms with van der Waals surface area (Å²) in [6.07, 6.45) is 6.50. The molecule has 0 spiro atoms. The van der Waals surface area contributed by atoms with Gasteiger partial charge in [0.2, 0.25) is 0 Å². The van der Waals surface area contributed by atoms with Crippen molar-refractivity contribution in [2.75, 3.05) is 11.6 Å². The first-order valence-electron chi connectivity index (χ1n) is 11.3. The molecule has 0 radical (unpaired) electrons. The number of unbranched alkanes of at least 4 members (excludes halogenated alkanes) is 3. The maximum Gasteiger partial charge on any atom is 0.281 e. The molecule has 0 aliphatic carbocycles. The van der Waals surface area contributed by atoms with Crippen LogP contribution >= 0.6 is 0 Å². The summed E-state index contributed by atoms with van der Waals surface area (Å²) < 4.78 is 6.07. The van der Waals surface area contributed by atoms with Crippen LogP contribution in [0.25, 0.3) is 6.08 Å². The molecule has 0 N–H and O–H groups in total. The highest BCUT2D eigenvalue weighted by molar-refractivity contribution is 6.37. The minimum Gasteiger partial charge on any atom is -0.493 e. The summed E-state index contributed by atoms with van der Waals surface area (Å²) in [6, 6.07) is 27.2. The molecular weight excluding hydrogens is 396 g/mol. The number of benzene rings is 3. The number of hydrogen-bond acceptors (Lipinski definition) is 3. The van der Waals surface area contributed by atoms with Gasteiger partial charge in [0.1, 0.15) is 11.5 Å². The van der Waals surface area contributed by atoms with Gasteiger partial charge in [0.15, 0.2) is 0 Å². The summed E-state index contributed by atoms with van der Waals surface area (Å²) in [4.78, 5) is 13.4. The van der Waals surface area contributed by atoms with Crippen molar-refractivity contribution >= 4 is 23.4 Å². The molecular formula is C28H28N2O2. The predicted molar refractivity (Wildman–Crippen MR) is 131 cm³/mol. The number of nitrogens with zero attached hydrogens (tertiary/aromatic N) is 2. The van der Waals surface area contributed by atoms with E-state index in [1.807, 2.05) is 91.0 Å². The van der Waals surface area contributed by atoms with Crippen molar-refractivity contribution in [2.45, 2.75) is 32.6 Å². The summed E-state index contributed by atoms with van der Waals surface area (Å²) in [7, 11) is 0. The lowest BCUT2D eigenvalue weighted by molar-refractivity contribution is -0.114. The van der Waals surface area contributed by atoms with Gasteiger partial charge in [-0.15, -0.1) is 0 Å². The monoisotopic (exact) mass is 424 g/mol. The highest BCUT2D eigenvalue weighted by atomic mass is 16.5. The fourth-order valence-corrected chi connectivity index (χ4v) is 3.70. The van der Waals surface area contributed by atoms with Crippen molar-refractivity contribution in [3.63, 3.8) is 0 Å². The van der Waals surface area contributed by atoms with Crippen LogP contribution in [0, 0.1) is 0 Å². The Morgan fingerprint density at radius 3 is 2.28 bits per heavy atom. The Hall–Kier alpha value is -3.66. The molecule has 1 heterocycles. The lowest BCUT2D eigenvalue weighted by Crippen LogP contribution is -2.21. The topological polar surface area (TPSA) is 41.9 Å². The van der Waals surface area contributed by atoms with E-state index >= 15 is 0 Å². The number of carbonyl (C=O) groups is 1. The Morgan fingerprint density at radius 2 is 1.53 bits per heavy atom. The van der Waals surface area contributed by atoms with E-state index in [2.05, 4.69) is 6.92 Å². The van der Waals surface area contributed by atoms with E-state index < -0.39 is 0 Å². The quantitative estimate of drug-likeness (QED) is 0.291. The Morgan fingerprint density at radius 1 is 0.844 bits per heavy atom. The van der Waals surface area contributed by atoms with Crippen molar-refractivity contribution in [2.24, 2.45) is 5.10 Å². The second-order valence-corrected chi connectivity index (χ2v) is 7.77. The lowest BCUT2D eigenvalue weighted by atomic mass is 10.00. The van der Waals surface area contributed by atoms with Crippen molar-refractivity contribution in [1.29, 1.82) is 0 Å². The third kappa shape index (κ3) is 4.97. The highest BCUT2D eigenvalue weighted by Crippen LogP contribution is 2.30. The van der Waals surface area contributed by atoms with Crippen LogP contribution in [0.1, 0.15) is 43.7 Å². The van der Waals surface area contributed by atoms with Crippen molar-refractivity contribution in [3.8, 4) is 5.75 Å². The third-order valence-corrected chi connectivity index (χ3v) is 5.40. The molecule has 1 aliphatic heterocycles. The van der Waals surface area contributed by atoms with Gasteiger partial charge < -0.3 is 4.74 Å². The van der Waals surface area contributed by atoms with Crippen molar-refractivity contribution in [3.05, 3.63) is 102 Å². The molecule has 3 aromatic rings. The standard InChI is InChI=1S/C28H28N2O2/c1-2-3-4-13-20-32-26-19-12-11-16-23(26)21-25-27(22-14-7-5-8-15-22)29-30(28(25)31)24-17-9-6-10-18-24/h5-12,14-19,21H,2-4,13,20H2,1H3. The third-order valence-electron chi connectivity index (χ3n) is 5.40. The number of hydrazone groups is 1. The fourth-order valence-electron chi connectivity index (χ4n) is 3.70. The van der Waals surface area contributed by atoms with E-state index in [0.29, 0.717) is 17.9 Å². The van der Waals surface area contributed by atoms with Gasteiger partial charge in [-0.3, -0.25) is 4.79 Å². The maximum atomic E-state index is 13.4. The van der Waals surface area contributed by atoms with Crippen LogP contribution in [-0.2, 0) is 4.79 Å². The zero-order valence-electron chi connectivity index (χ0n) is 18.4. The lowest BCUT2D eigenvalue weighted by Gasteiger charge is -2.12. The van der Waals surface area contributed by atoms with Crippen LogP contribution in [0.5, 0.6) is 5.75 Å². The molecule has 0 saturated heterocycles. The second-order valence-electron chi connectivity index (χ2n) is 7.77. The Labute approximate surface area is 189 Å². The number of hydrogen-bond donors (Lipinski definition) is 0. The SMILES string of the molecule is CCCCCCOc1ccccc1C=C1C(=O)N(c2ccccc2)N=C1c1ccccc1. The molecule has 0 saturated carbocycles. The highest BCUT2D eigenvalue weighted by Gasteiger charge is 2.32. The first-order chi connectivity index (χ1) is 15.8. The molecule has 0 bridgehead atoms. The molecule has 4 heteroatoms. The van der Waals surface area contributed by atoms with Crippen LogP contribution in [-0.4, -0.2) is 18.2 Å². The number of ether oxygens (including phenoxy) is 1. The van der Waals surface area contributed by atoms with Gasteiger partial charge in [0, 0.05) is 11.1 Å². The van der Waals surface area contributed by atoms with Gasteiger partial charge in [0.25, 0.3) is 5.91 Å². The van der Waals surface area contributed by atoms with Crippen LogP contribution in [0.3, 0.4) is 0 Å². The molecule has 1 amide bonds. The molecule has 0 atom stereocenters. The smallest absolute Gasteiger partial charge is 0.281 e. The van der Waals surface area contributed by atoms with E-state index in [1.54, 1.807) is 0 Å². The fraction of sp³-hybridized carbons (Fsp3) is 0.214. The molecule has 4 rings (SSSR count). The van der Waals surface area contributed by atoms with E-state index in [4.69, 9.17) is 9.84 Å². The summed E-state index contributed by atoms with van der Waals surface area (Å²) in [5.74, 6) is 0.641. The summed E-state index contributed by atoms with van der Waals surface area (Å²) >= 11 is 0. The molecule has 1 aliphatic rings. The maximum absolute atomic E-state index is 13.4. The van der Waals surface area contributed by atoms with Crippen molar-refractivity contribution in [1.82, 2.24) is 0 Å². The van der Waals surface area contributed by atoms with Gasteiger partial charge in [-0.2, -0.15) is 10.1 Å². The molecule has 0 unspecified atom stereocenters. The zero-order valence-corrected chi connectivity index (χ0v) is 18.4. The number of carbonyl (C=O) groups excluding carboxylic acids is 1. The van der Waals surface area contributed by atoms with Crippen molar-refractivity contribution < 1.29 is 9.53 Å². The summed E-state index contributed by atoms with van der Waals surface area (Å²) in [5.41, 5.74) is 3.75. The summed E-state index contributed by atoms with van der Waals surface area (Å²) in [6.45, 7) is 2.87. The van der Waals surface area contributed by atoms with Gasteiger partial charge in [0.05, 0.1) is 17.9 Å². The minimum absolute atomic E-state index is 0.146. The zero-order chi connectivity index (χ0) is 22.2. The van der Waals surface area contributed by atoms with E-state index in [1.165, 1.54) is 17.9 Å². The first kappa shape index (κ1) is 21.6. The van der Waals surface area contributed by atoms with Gasteiger partial charge in [-0.1, -0.05) is 92.9 Å². The van der Waals surface area contributed by atoms with Crippen LogP contribution in [0.4, 0.5) is 5.69 Å². The first-order valence-corrected chi connectivity index (χ1v) is 11.3. The average molecular weight is 425 g/mol. The normalized spacial score (nSPS) is 14.7. The Kier molecular flexibility index (Phi) is 7.13. The van der Waals surface area contributed by atoms with Crippen LogP contribution in [0.2, 0.25) is 0 Å². The average Bonchev–Trinajstić information content (AvgIpc) is 3.17. The summed E-state index contributed by atoms with van der Waals surface area (Å²) in [5, 5.41) is 6.18. The van der Waals surface area contributed by atoms with Crippen LogP contribution < -0.4 is 9.75 Å².